The highest BCUT2D eigenvalue weighted by Gasteiger charge is 2.29. The fourth-order valence-electron chi connectivity index (χ4n) is 3.21. The zero-order valence-corrected chi connectivity index (χ0v) is 15.4. The smallest absolute Gasteiger partial charge is 0.266 e. The molecule has 0 radical (unpaired) electrons. The van der Waals surface area contributed by atoms with Crippen molar-refractivity contribution in [1.29, 1.82) is 0 Å². The maximum Gasteiger partial charge on any atom is 0.266 e. The second-order valence-electron chi connectivity index (χ2n) is 6.30. The van der Waals surface area contributed by atoms with E-state index < -0.39 is 0 Å². The minimum atomic E-state index is -0.0805. The molecule has 1 aliphatic heterocycles. The van der Waals surface area contributed by atoms with Crippen LogP contribution in [0.4, 0.5) is 0 Å². The Morgan fingerprint density at radius 2 is 1.81 bits per heavy atom. The summed E-state index contributed by atoms with van der Waals surface area (Å²) in [5, 5.41) is 0.903. The van der Waals surface area contributed by atoms with Crippen LogP contribution in [0.15, 0.2) is 60.7 Å². The van der Waals surface area contributed by atoms with Crippen LogP contribution in [0.5, 0.6) is 0 Å². The molecule has 1 aliphatic rings. The molecule has 0 N–H and O–H groups in total. The number of ether oxygens (including phenoxy) is 1. The number of morpholine rings is 1. The zero-order valence-electron chi connectivity index (χ0n) is 14.6. The molecule has 4 nitrogen and oxygen atoms in total. The minimum absolute atomic E-state index is 0.0404. The van der Waals surface area contributed by atoms with Gasteiger partial charge in [0.05, 0.1) is 23.9 Å². The van der Waals surface area contributed by atoms with Crippen LogP contribution in [-0.4, -0.2) is 35.5 Å². The number of carbonyl (C=O) groups excluding carboxylic acids is 1. The van der Waals surface area contributed by atoms with Gasteiger partial charge in [-0.15, -0.1) is 11.3 Å². The number of nitrogens with zero attached hydrogens (tertiary/aromatic N) is 2. The molecule has 0 unspecified atom stereocenters. The lowest BCUT2D eigenvalue weighted by atomic mass is 10.1. The first-order chi connectivity index (χ1) is 12.7. The monoisotopic (exact) mass is 364 g/mol. The molecule has 1 saturated heterocycles. The van der Waals surface area contributed by atoms with E-state index >= 15 is 0 Å². The molecule has 5 heteroatoms. The third-order valence-electron chi connectivity index (χ3n) is 4.50. The van der Waals surface area contributed by atoms with Gasteiger partial charge in [-0.2, -0.15) is 0 Å². The third kappa shape index (κ3) is 3.41. The number of hydrogen-bond acceptors (Lipinski definition) is 4. The predicted octanol–water partition coefficient (Wildman–Crippen LogP) is 4.33. The Balaban J connectivity index is 1.60. The molecular weight excluding hydrogens is 344 g/mol. The maximum absolute atomic E-state index is 13.2. The molecule has 3 aromatic rings. The van der Waals surface area contributed by atoms with Gasteiger partial charge in [0.1, 0.15) is 11.0 Å². The van der Waals surface area contributed by atoms with E-state index in [9.17, 15) is 4.79 Å². The van der Waals surface area contributed by atoms with Gasteiger partial charge in [0.25, 0.3) is 5.91 Å². The van der Waals surface area contributed by atoms with Crippen LogP contribution < -0.4 is 0 Å². The number of aryl methyl sites for hydroxylation is 1. The molecule has 2 heterocycles. The van der Waals surface area contributed by atoms with Crippen LogP contribution in [-0.2, 0) is 4.74 Å². The Labute approximate surface area is 157 Å². The van der Waals surface area contributed by atoms with Gasteiger partial charge in [-0.1, -0.05) is 60.7 Å². The fourth-order valence-corrected chi connectivity index (χ4v) is 4.12. The van der Waals surface area contributed by atoms with Crippen molar-refractivity contribution in [3.63, 3.8) is 0 Å². The van der Waals surface area contributed by atoms with E-state index in [2.05, 4.69) is 4.98 Å². The average Bonchev–Trinajstić information content (AvgIpc) is 3.10. The summed E-state index contributed by atoms with van der Waals surface area (Å²) in [7, 11) is 0. The first-order valence-electron chi connectivity index (χ1n) is 8.71. The second kappa shape index (κ2) is 7.40. The highest BCUT2D eigenvalue weighted by Crippen LogP contribution is 2.31. The molecule has 0 aliphatic carbocycles. The Hall–Kier alpha value is -2.50. The number of aromatic nitrogens is 1. The second-order valence-corrected chi connectivity index (χ2v) is 7.50. The van der Waals surface area contributed by atoms with Crippen molar-refractivity contribution >= 4 is 17.2 Å². The molecule has 0 bridgehead atoms. The number of amides is 1. The molecule has 1 aromatic heterocycles. The SMILES string of the molecule is Cc1nc(-c2ccccc2)c(C(=O)N2CCO[C@H](c3ccccc3)C2)s1. The van der Waals surface area contributed by atoms with Crippen LogP contribution in [0.25, 0.3) is 11.3 Å². The number of rotatable bonds is 3. The lowest BCUT2D eigenvalue weighted by Crippen LogP contribution is -2.42. The number of benzene rings is 2. The molecule has 26 heavy (non-hydrogen) atoms. The van der Waals surface area contributed by atoms with Crippen LogP contribution in [0.1, 0.15) is 26.3 Å². The highest BCUT2D eigenvalue weighted by molar-refractivity contribution is 7.14. The molecule has 1 atom stereocenters. The van der Waals surface area contributed by atoms with Crippen molar-refractivity contribution in [2.24, 2.45) is 0 Å². The van der Waals surface area contributed by atoms with Gasteiger partial charge in [0.2, 0.25) is 0 Å². The summed E-state index contributed by atoms with van der Waals surface area (Å²) in [6, 6.07) is 20.0. The summed E-state index contributed by atoms with van der Waals surface area (Å²) in [6.45, 7) is 3.66. The molecule has 132 valence electrons. The lowest BCUT2D eigenvalue weighted by Gasteiger charge is -2.33. The van der Waals surface area contributed by atoms with E-state index in [0.717, 1.165) is 21.8 Å². The normalized spacial score (nSPS) is 17.3. The zero-order chi connectivity index (χ0) is 17.9. The van der Waals surface area contributed by atoms with E-state index in [0.29, 0.717) is 24.6 Å². The van der Waals surface area contributed by atoms with Gasteiger partial charge in [-0.25, -0.2) is 4.98 Å². The number of thiazole rings is 1. The van der Waals surface area contributed by atoms with Crippen molar-refractivity contribution in [3.05, 3.63) is 76.1 Å². The molecule has 1 fully saturated rings. The summed E-state index contributed by atoms with van der Waals surface area (Å²) in [5.41, 5.74) is 2.86. The lowest BCUT2D eigenvalue weighted by molar-refractivity contribution is -0.0226. The van der Waals surface area contributed by atoms with Gasteiger partial charge < -0.3 is 9.64 Å². The molecule has 0 saturated carbocycles. The van der Waals surface area contributed by atoms with Crippen molar-refractivity contribution in [3.8, 4) is 11.3 Å². The van der Waals surface area contributed by atoms with E-state index in [1.807, 2.05) is 72.5 Å². The number of carbonyl (C=O) groups is 1. The van der Waals surface area contributed by atoms with Crippen LogP contribution in [0.3, 0.4) is 0 Å². The van der Waals surface area contributed by atoms with E-state index in [1.165, 1.54) is 11.3 Å². The summed E-state index contributed by atoms with van der Waals surface area (Å²) in [4.78, 5) is 20.4. The summed E-state index contributed by atoms with van der Waals surface area (Å²) in [6.07, 6.45) is -0.0805. The first-order valence-corrected chi connectivity index (χ1v) is 9.52. The minimum Gasteiger partial charge on any atom is -0.370 e. The van der Waals surface area contributed by atoms with Gasteiger partial charge in [-0.3, -0.25) is 4.79 Å². The average molecular weight is 364 g/mol. The molecule has 1 amide bonds. The maximum atomic E-state index is 13.2. The van der Waals surface area contributed by atoms with Crippen LogP contribution in [0, 0.1) is 6.92 Å². The first kappa shape index (κ1) is 16.9. The Bertz CT molecular complexity index is 893. The Morgan fingerprint density at radius 1 is 1.12 bits per heavy atom. The molecule has 0 spiro atoms. The van der Waals surface area contributed by atoms with E-state index in [-0.39, 0.29) is 12.0 Å². The van der Waals surface area contributed by atoms with Gasteiger partial charge in [0.15, 0.2) is 0 Å². The van der Waals surface area contributed by atoms with E-state index in [1.54, 1.807) is 0 Å². The van der Waals surface area contributed by atoms with Crippen LogP contribution in [0.2, 0.25) is 0 Å². The summed E-state index contributed by atoms with van der Waals surface area (Å²) >= 11 is 1.46. The van der Waals surface area contributed by atoms with Crippen molar-refractivity contribution < 1.29 is 9.53 Å². The standard InChI is InChI=1S/C21H20N2O2S/c1-15-22-19(17-10-6-3-7-11-17)20(26-15)21(24)23-12-13-25-18(14-23)16-8-4-2-5-9-16/h2-11,18H,12-14H2,1H3/t18-/m0/s1. The van der Waals surface area contributed by atoms with E-state index in [4.69, 9.17) is 4.74 Å². The van der Waals surface area contributed by atoms with Gasteiger partial charge in [0, 0.05) is 12.1 Å². The van der Waals surface area contributed by atoms with Crippen molar-refractivity contribution in [1.82, 2.24) is 9.88 Å². The summed E-state index contributed by atoms with van der Waals surface area (Å²) in [5.74, 6) is 0.0404. The predicted molar refractivity (Wildman–Crippen MR) is 103 cm³/mol. The Morgan fingerprint density at radius 3 is 2.54 bits per heavy atom. The van der Waals surface area contributed by atoms with Crippen molar-refractivity contribution in [2.75, 3.05) is 19.7 Å². The summed E-state index contributed by atoms with van der Waals surface area (Å²) < 4.78 is 5.89. The molecule has 4 rings (SSSR count). The van der Waals surface area contributed by atoms with Crippen molar-refractivity contribution in [2.45, 2.75) is 13.0 Å². The Kier molecular flexibility index (Phi) is 4.82. The fraction of sp³-hybridized carbons (Fsp3) is 0.238. The quantitative estimate of drug-likeness (QED) is 0.695. The van der Waals surface area contributed by atoms with Gasteiger partial charge >= 0.3 is 0 Å². The third-order valence-corrected chi connectivity index (χ3v) is 5.46. The van der Waals surface area contributed by atoms with Crippen LogP contribution >= 0.6 is 11.3 Å². The highest BCUT2D eigenvalue weighted by atomic mass is 32.1. The molecule has 2 aromatic carbocycles. The topological polar surface area (TPSA) is 42.4 Å². The molecular formula is C21H20N2O2S. The van der Waals surface area contributed by atoms with Gasteiger partial charge in [-0.05, 0) is 12.5 Å². The number of hydrogen-bond donors (Lipinski definition) is 0. The largest absolute Gasteiger partial charge is 0.370 e.